The van der Waals surface area contributed by atoms with Gasteiger partial charge in [0.1, 0.15) is 0 Å². The first-order valence-corrected chi connectivity index (χ1v) is 7.09. The molecule has 104 valence electrons. The molecule has 1 amide bonds. The van der Waals surface area contributed by atoms with Crippen molar-refractivity contribution in [3.05, 3.63) is 0 Å². The summed E-state index contributed by atoms with van der Waals surface area (Å²) in [5.41, 5.74) is 0. The molecule has 2 aliphatic rings. The van der Waals surface area contributed by atoms with Crippen LogP contribution in [0.2, 0.25) is 0 Å². The van der Waals surface area contributed by atoms with Gasteiger partial charge < -0.3 is 15.0 Å². The van der Waals surface area contributed by atoms with Crippen LogP contribution in [0.1, 0.15) is 20.3 Å². The van der Waals surface area contributed by atoms with Gasteiger partial charge in [-0.3, -0.25) is 4.90 Å². The number of hydrogen-bond acceptors (Lipinski definition) is 4. The minimum Gasteiger partial charge on any atom is -0.450 e. The van der Waals surface area contributed by atoms with Gasteiger partial charge in [0.2, 0.25) is 0 Å². The molecule has 0 aromatic carbocycles. The van der Waals surface area contributed by atoms with Crippen molar-refractivity contribution in [2.45, 2.75) is 26.3 Å². The summed E-state index contributed by atoms with van der Waals surface area (Å²) in [6, 6.07) is 0.676. The average molecular weight is 255 g/mol. The van der Waals surface area contributed by atoms with Gasteiger partial charge in [-0.05, 0) is 32.4 Å². The second-order valence-electron chi connectivity index (χ2n) is 5.26. The molecular formula is C13H25N3O2. The lowest BCUT2D eigenvalue weighted by Gasteiger charge is -2.43. The maximum atomic E-state index is 11.6. The van der Waals surface area contributed by atoms with Crippen LogP contribution >= 0.6 is 0 Å². The number of piperidine rings is 1. The summed E-state index contributed by atoms with van der Waals surface area (Å²) in [7, 11) is 0. The second kappa shape index (κ2) is 6.38. The van der Waals surface area contributed by atoms with Crippen molar-refractivity contribution < 1.29 is 9.53 Å². The molecule has 2 heterocycles. The monoisotopic (exact) mass is 255 g/mol. The lowest BCUT2D eigenvalue weighted by molar-refractivity contribution is 0.0466. The van der Waals surface area contributed by atoms with Gasteiger partial charge >= 0.3 is 6.09 Å². The Bertz CT molecular complexity index is 277. The van der Waals surface area contributed by atoms with E-state index in [4.69, 9.17) is 4.74 Å². The standard InChI is InChI=1S/C13H25N3O2/c1-3-18-13(17)16-8-6-15(7-9-16)12-4-5-14-10-11(12)2/h11-12,14H,3-10H2,1-2H3. The van der Waals surface area contributed by atoms with E-state index in [1.54, 1.807) is 0 Å². The largest absolute Gasteiger partial charge is 0.450 e. The number of nitrogens with one attached hydrogen (secondary N) is 1. The van der Waals surface area contributed by atoms with Crippen LogP contribution in [0.4, 0.5) is 4.79 Å². The van der Waals surface area contributed by atoms with Gasteiger partial charge in [-0.1, -0.05) is 6.92 Å². The minimum atomic E-state index is -0.157. The molecule has 18 heavy (non-hydrogen) atoms. The fourth-order valence-electron chi connectivity index (χ4n) is 2.99. The third-order valence-electron chi connectivity index (χ3n) is 4.05. The molecule has 0 saturated carbocycles. The number of rotatable bonds is 2. The number of ether oxygens (including phenoxy) is 1. The zero-order valence-electron chi connectivity index (χ0n) is 11.5. The van der Waals surface area contributed by atoms with E-state index in [1.165, 1.54) is 6.42 Å². The van der Waals surface area contributed by atoms with Crippen LogP contribution in [-0.2, 0) is 4.74 Å². The van der Waals surface area contributed by atoms with Gasteiger partial charge in [0.05, 0.1) is 6.61 Å². The molecule has 2 rings (SSSR count). The highest BCUT2D eigenvalue weighted by molar-refractivity contribution is 5.67. The van der Waals surface area contributed by atoms with Gasteiger partial charge in [-0.15, -0.1) is 0 Å². The number of nitrogens with zero attached hydrogens (tertiary/aromatic N) is 2. The van der Waals surface area contributed by atoms with Crippen molar-refractivity contribution >= 4 is 6.09 Å². The first kappa shape index (κ1) is 13.6. The minimum absolute atomic E-state index is 0.157. The van der Waals surface area contributed by atoms with Crippen LogP contribution in [0.5, 0.6) is 0 Å². The van der Waals surface area contributed by atoms with Gasteiger partial charge in [-0.2, -0.15) is 0 Å². The van der Waals surface area contributed by atoms with Crippen LogP contribution in [0, 0.1) is 5.92 Å². The zero-order valence-corrected chi connectivity index (χ0v) is 11.5. The smallest absolute Gasteiger partial charge is 0.409 e. The normalized spacial score (nSPS) is 30.2. The third-order valence-corrected chi connectivity index (χ3v) is 4.05. The summed E-state index contributed by atoms with van der Waals surface area (Å²) in [5, 5.41) is 3.44. The average Bonchev–Trinajstić information content (AvgIpc) is 2.40. The Morgan fingerprint density at radius 2 is 2.06 bits per heavy atom. The summed E-state index contributed by atoms with van der Waals surface area (Å²) in [6.45, 7) is 10.4. The van der Waals surface area contributed by atoms with E-state index in [-0.39, 0.29) is 6.09 Å². The molecule has 0 spiro atoms. The number of piperazine rings is 1. The topological polar surface area (TPSA) is 44.8 Å². The molecular weight excluding hydrogens is 230 g/mol. The van der Waals surface area contributed by atoms with Crippen LogP contribution < -0.4 is 5.32 Å². The number of carbonyl (C=O) groups is 1. The summed E-state index contributed by atoms with van der Waals surface area (Å²) in [6.07, 6.45) is 1.07. The van der Waals surface area contributed by atoms with E-state index in [0.717, 1.165) is 39.3 Å². The predicted molar refractivity (Wildman–Crippen MR) is 70.6 cm³/mol. The highest BCUT2D eigenvalue weighted by Crippen LogP contribution is 2.19. The van der Waals surface area contributed by atoms with Gasteiger partial charge in [0.25, 0.3) is 0 Å². The van der Waals surface area contributed by atoms with E-state index >= 15 is 0 Å². The lowest BCUT2D eigenvalue weighted by Crippen LogP contribution is -2.56. The lowest BCUT2D eigenvalue weighted by atomic mass is 9.93. The predicted octanol–water partition coefficient (Wildman–Crippen LogP) is 0.759. The van der Waals surface area contributed by atoms with E-state index < -0.39 is 0 Å². The van der Waals surface area contributed by atoms with Crippen molar-refractivity contribution in [1.29, 1.82) is 0 Å². The molecule has 0 bridgehead atoms. The van der Waals surface area contributed by atoms with Gasteiger partial charge in [0.15, 0.2) is 0 Å². The molecule has 0 aliphatic carbocycles. The third kappa shape index (κ3) is 3.14. The molecule has 5 nitrogen and oxygen atoms in total. The molecule has 2 fully saturated rings. The Morgan fingerprint density at radius 3 is 2.67 bits per heavy atom. The zero-order chi connectivity index (χ0) is 13.0. The Labute approximate surface area is 109 Å². The molecule has 0 radical (unpaired) electrons. The quantitative estimate of drug-likeness (QED) is 0.791. The number of carbonyl (C=O) groups excluding carboxylic acids is 1. The molecule has 2 aliphatic heterocycles. The maximum Gasteiger partial charge on any atom is 0.409 e. The molecule has 0 aromatic rings. The van der Waals surface area contributed by atoms with Crippen LogP contribution in [0.3, 0.4) is 0 Å². The van der Waals surface area contributed by atoms with Crippen molar-refractivity contribution in [3.63, 3.8) is 0 Å². The Morgan fingerprint density at radius 1 is 1.33 bits per heavy atom. The Kier molecular flexibility index (Phi) is 4.83. The molecule has 2 saturated heterocycles. The molecule has 5 heteroatoms. The number of hydrogen-bond donors (Lipinski definition) is 1. The van der Waals surface area contributed by atoms with Crippen molar-refractivity contribution in [3.8, 4) is 0 Å². The molecule has 0 aromatic heterocycles. The Hall–Kier alpha value is -0.810. The summed E-state index contributed by atoms with van der Waals surface area (Å²) in [5.74, 6) is 0.702. The van der Waals surface area contributed by atoms with Gasteiger partial charge in [0, 0.05) is 32.2 Å². The van der Waals surface area contributed by atoms with E-state index in [1.807, 2.05) is 11.8 Å². The molecule has 2 unspecified atom stereocenters. The van der Waals surface area contributed by atoms with E-state index in [9.17, 15) is 4.79 Å². The number of amides is 1. The van der Waals surface area contributed by atoms with E-state index in [0.29, 0.717) is 18.6 Å². The first-order chi connectivity index (χ1) is 8.72. The first-order valence-electron chi connectivity index (χ1n) is 7.09. The highest BCUT2D eigenvalue weighted by atomic mass is 16.6. The van der Waals surface area contributed by atoms with Gasteiger partial charge in [-0.25, -0.2) is 4.79 Å². The highest BCUT2D eigenvalue weighted by Gasteiger charge is 2.30. The van der Waals surface area contributed by atoms with Crippen molar-refractivity contribution in [2.24, 2.45) is 5.92 Å². The summed E-state index contributed by atoms with van der Waals surface area (Å²) in [4.78, 5) is 16.0. The summed E-state index contributed by atoms with van der Waals surface area (Å²) >= 11 is 0. The van der Waals surface area contributed by atoms with E-state index in [2.05, 4.69) is 17.1 Å². The van der Waals surface area contributed by atoms with Crippen LogP contribution in [0.25, 0.3) is 0 Å². The van der Waals surface area contributed by atoms with Crippen molar-refractivity contribution in [2.75, 3.05) is 45.9 Å². The van der Waals surface area contributed by atoms with Crippen LogP contribution in [-0.4, -0.2) is 67.8 Å². The Balaban J connectivity index is 1.80. The maximum absolute atomic E-state index is 11.6. The fraction of sp³-hybridized carbons (Fsp3) is 0.923. The molecule has 1 N–H and O–H groups in total. The van der Waals surface area contributed by atoms with Crippen LogP contribution in [0.15, 0.2) is 0 Å². The molecule has 2 atom stereocenters. The SMILES string of the molecule is CCOC(=O)N1CCN(C2CCNCC2C)CC1. The second-order valence-corrected chi connectivity index (χ2v) is 5.26. The summed E-state index contributed by atoms with van der Waals surface area (Å²) < 4.78 is 5.04. The van der Waals surface area contributed by atoms with Crippen molar-refractivity contribution in [1.82, 2.24) is 15.1 Å². The fourth-order valence-corrected chi connectivity index (χ4v) is 2.99.